The summed E-state index contributed by atoms with van der Waals surface area (Å²) in [6.07, 6.45) is 1.25. The van der Waals surface area contributed by atoms with Gasteiger partial charge < -0.3 is 0 Å². The third-order valence-corrected chi connectivity index (χ3v) is 3.12. The minimum Gasteiger partial charge on any atom is -0.219 e. The maximum Gasteiger partial charge on any atom is 0.349 e. The quantitative estimate of drug-likeness (QED) is 0.771. The number of hydrogen-bond acceptors (Lipinski definition) is 3. The monoisotopic (exact) mass is 254 g/mol. The number of aryl methyl sites for hydroxylation is 2. The van der Waals surface area contributed by atoms with Crippen LogP contribution in [0.2, 0.25) is 0 Å². The van der Waals surface area contributed by atoms with Crippen molar-refractivity contribution in [3.63, 3.8) is 0 Å². The van der Waals surface area contributed by atoms with Crippen molar-refractivity contribution in [2.24, 2.45) is 0 Å². The van der Waals surface area contributed by atoms with Gasteiger partial charge in [-0.05, 0) is 43.2 Å². The highest BCUT2D eigenvalue weighted by atomic mass is 32.3. The van der Waals surface area contributed by atoms with E-state index in [0.29, 0.717) is 5.69 Å². The molecule has 0 atom stereocenters. The Morgan fingerprint density at radius 1 is 1.18 bits per heavy atom. The largest absolute Gasteiger partial charge is 0.349 e. The number of nitrogens with zero attached hydrogens (tertiary/aromatic N) is 2. The maximum absolute atomic E-state index is 13.0. The van der Waals surface area contributed by atoms with E-state index in [1.165, 1.54) is 6.20 Å². The molecule has 0 N–H and O–H groups in total. The van der Waals surface area contributed by atoms with Gasteiger partial charge in [-0.3, -0.25) is 0 Å². The average molecular weight is 254 g/mol. The summed E-state index contributed by atoms with van der Waals surface area (Å²) in [5, 5.41) is 3.38. The summed E-state index contributed by atoms with van der Waals surface area (Å²) in [6, 6.07) is 6.56. The van der Waals surface area contributed by atoms with Crippen LogP contribution in [-0.2, 0) is 10.2 Å². The molecule has 0 unspecified atom stereocenters. The molecule has 2 aromatic rings. The van der Waals surface area contributed by atoms with Crippen molar-refractivity contribution in [3.05, 3.63) is 41.6 Å². The second-order valence-corrected chi connectivity index (χ2v) is 5.16. The van der Waals surface area contributed by atoms with Gasteiger partial charge in [0.25, 0.3) is 0 Å². The first-order valence-corrected chi connectivity index (χ1v) is 6.33. The molecule has 17 heavy (non-hydrogen) atoms. The Labute approximate surface area is 98.9 Å². The lowest BCUT2D eigenvalue weighted by Gasteiger charge is -2.07. The van der Waals surface area contributed by atoms with Gasteiger partial charge in [0, 0.05) is 0 Å². The Balaban J connectivity index is 2.66. The maximum atomic E-state index is 13.0. The number of aromatic nitrogens is 2. The highest BCUT2D eigenvalue weighted by molar-refractivity contribution is 7.86. The van der Waals surface area contributed by atoms with E-state index in [-0.39, 0.29) is 0 Å². The smallest absolute Gasteiger partial charge is 0.219 e. The van der Waals surface area contributed by atoms with Crippen LogP contribution in [0, 0.1) is 13.8 Å². The third kappa shape index (κ3) is 2.36. The Kier molecular flexibility index (Phi) is 2.74. The van der Waals surface area contributed by atoms with Gasteiger partial charge in [0.1, 0.15) is 0 Å². The molecule has 0 aliphatic carbocycles. The molecule has 0 spiro atoms. The van der Waals surface area contributed by atoms with Crippen LogP contribution in [0.5, 0.6) is 0 Å². The topological polar surface area (TPSA) is 52.0 Å². The summed E-state index contributed by atoms with van der Waals surface area (Å²) in [4.78, 5) is 0. The number of rotatable bonds is 2. The van der Waals surface area contributed by atoms with Crippen molar-refractivity contribution in [2.75, 3.05) is 0 Å². The molecule has 0 bridgehead atoms. The molecule has 0 aliphatic rings. The summed E-state index contributed by atoms with van der Waals surface area (Å²) in [5.74, 6) is 0. The van der Waals surface area contributed by atoms with Crippen molar-refractivity contribution in [1.82, 2.24) is 9.78 Å². The number of hydrogen-bond donors (Lipinski definition) is 0. The molecule has 0 fully saturated rings. The molecule has 1 aromatic heterocycles. The minimum atomic E-state index is -4.76. The van der Waals surface area contributed by atoms with Crippen molar-refractivity contribution in [2.45, 2.75) is 18.9 Å². The second kappa shape index (κ2) is 3.96. The van der Waals surface area contributed by atoms with Crippen LogP contribution in [0.1, 0.15) is 11.1 Å². The van der Waals surface area contributed by atoms with Gasteiger partial charge in [-0.25, -0.2) is 4.68 Å². The highest BCUT2D eigenvalue weighted by Crippen LogP contribution is 2.19. The van der Waals surface area contributed by atoms with Crippen LogP contribution in [0.15, 0.2) is 35.5 Å². The molecule has 90 valence electrons. The first-order chi connectivity index (χ1) is 7.88. The molecule has 0 saturated heterocycles. The summed E-state index contributed by atoms with van der Waals surface area (Å²) in [7, 11) is -4.76. The Hall–Kier alpha value is -1.69. The first kappa shape index (κ1) is 11.8. The van der Waals surface area contributed by atoms with E-state index < -0.39 is 15.2 Å². The SMILES string of the molecule is Cc1cc(C)cc(-n2nccc2S(=O)(=O)F)c1. The molecule has 0 radical (unpaired) electrons. The number of halogens is 1. The summed E-state index contributed by atoms with van der Waals surface area (Å²) >= 11 is 0. The summed E-state index contributed by atoms with van der Waals surface area (Å²) in [5.41, 5.74) is 2.44. The van der Waals surface area contributed by atoms with Crippen LogP contribution in [0.4, 0.5) is 3.89 Å². The first-order valence-electron chi connectivity index (χ1n) is 4.95. The summed E-state index contributed by atoms with van der Waals surface area (Å²) in [6.45, 7) is 3.76. The zero-order valence-electron chi connectivity index (χ0n) is 9.38. The molecule has 0 aliphatic heterocycles. The molecule has 0 saturated carbocycles. The minimum absolute atomic E-state index is 0.456. The predicted octanol–water partition coefficient (Wildman–Crippen LogP) is 2.15. The van der Waals surface area contributed by atoms with Crippen molar-refractivity contribution < 1.29 is 12.3 Å². The molecule has 0 amide bonds. The third-order valence-electron chi connectivity index (χ3n) is 2.31. The van der Waals surface area contributed by atoms with Crippen molar-refractivity contribution in [3.8, 4) is 5.69 Å². The van der Waals surface area contributed by atoms with E-state index in [2.05, 4.69) is 5.10 Å². The molecule has 1 aromatic carbocycles. The second-order valence-electron chi connectivity index (χ2n) is 3.87. The lowest BCUT2D eigenvalue weighted by molar-refractivity contribution is 0.541. The molecular weight excluding hydrogens is 243 g/mol. The lowest BCUT2D eigenvalue weighted by Crippen LogP contribution is -2.05. The van der Waals surface area contributed by atoms with Gasteiger partial charge in [-0.2, -0.15) is 13.5 Å². The lowest BCUT2D eigenvalue weighted by atomic mass is 10.1. The van der Waals surface area contributed by atoms with Gasteiger partial charge >= 0.3 is 10.2 Å². The fourth-order valence-corrected chi connectivity index (χ4v) is 2.33. The summed E-state index contributed by atoms with van der Waals surface area (Å²) < 4.78 is 36.0. The van der Waals surface area contributed by atoms with E-state index in [4.69, 9.17) is 0 Å². The average Bonchev–Trinajstić information content (AvgIpc) is 2.63. The van der Waals surface area contributed by atoms with Gasteiger partial charge in [-0.1, -0.05) is 9.95 Å². The molecular formula is C11H11FN2O2S. The Morgan fingerprint density at radius 2 is 1.76 bits per heavy atom. The van der Waals surface area contributed by atoms with Crippen LogP contribution >= 0.6 is 0 Å². The molecule has 1 heterocycles. The van der Waals surface area contributed by atoms with Crippen LogP contribution in [-0.4, -0.2) is 18.2 Å². The van der Waals surface area contributed by atoms with E-state index in [1.807, 2.05) is 19.9 Å². The Bertz CT molecular complexity index is 642. The van der Waals surface area contributed by atoms with Gasteiger partial charge in [0.05, 0.1) is 11.9 Å². The van der Waals surface area contributed by atoms with E-state index >= 15 is 0 Å². The standard InChI is InChI=1S/C11H11FN2O2S/c1-8-5-9(2)7-10(6-8)14-11(3-4-13-14)17(12,15)16/h3-7H,1-2H3. The van der Waals surface area contributed by atoms with E-state index in [1.54, 1.807) is 12.1 Å². The number of benzene rings is 1. The van der Waals surface area contributed by atoms with Crippen LogP contribution < -0.4 is 0 Å². The zero-order valence-corrected chi connectivity index (χ0v) is 10.2. The van der Waals surface area contributed by atoms with Crippen LogP contribution in [0.3, 0.4) is 0 Å². The zero-order chi connectivity index (χ0) is 12.6. The normalized spacial score (nSPS) is 11.7. The fraction of sp³-hybridized carbons (Fsp3) is 0.182. The predicted molar refractivity (Wildman–Crippen MR) is 61.3 cm³/mol. The van der Waals surface area contributed by atoms with Crippen LogP contribution in [0.25, 0.3) is 5.69 Å². The van der Waals surface area contributed by atoms with Gasteiger partial charge in [0.15, 0.2) is 5.03 Å². The molecule has 2 rings (SSSR count). The fourth-order valence-electron chi connectivity index (χ4n) is 1.74. The van der Waals surface area contributed by atoms with Crippen molar-refractivity contribution >= 4 is 10.2 Å². The van der Waals surface area contributed by atoms with Gasteiger partial charge in [-0.15, -0.1) is 0 Å². The van der Waals surface area contributed by atoms with Gasteiger partial charge in [0.2, 0.25) is 0 Å². The van der Waals surface area contributed by atoms with E-state index in [0.717, 1.165) is 21.9 Å². The highest BCUT2D eigenvalue weighted by Gasteiger charge is 2.19. The molecule has 6 heteroatoms. The molecule has 4 nitrogen and oxygen atoms in total. The van der Waals surface area contributed by atoms with Crippen molar-refractivity contribution in [1.29, 1.82) is 0 Å². The Morgan fingerprint density at radius 3 is 2.29 bits per heavy atom. The van der Waals surface area contributed by atoms with E-state index in [9.17, 15) is 12.3 Å².